The van der Waals surface area contributed by atoms with Gasteiger partial charge in [0.05, 0.1) is 19.9 Å². The molecule has 2 N–H and O–H groups in total. The zero-order valence-corrected chi connectivity index (χ0v) is 9.99. The Hall–Kier alpha value is -1.42. The van der Waals surface area contributed by atoms with E-state index < -0.39 is 0 Å². The molecule has 1 rings (SSSR count). The van der Waals surface area contributed by atoms with Gasteiger partial charge in [0, 0.05) is 19.2 Å². The van der Waals surface area contributed by atoms with Crippen molar-refractivity contribution in [2.24, 2.45) is 5.92 Å². The van der Waals surface area contributed by atoms with Crippen molar-refractivity contribution in [3.05, 3.63) is 18.2 Å². The Morgan fingerprint density at radius 2 is 2.06 bits per heavy atom. The van der Waals surface area contributed by atoms with E-state index >= 15 is 0 Å². The first kappa shape index (κ1) is 12.6. The quantitative estimate of drug-likeness (QED) is 0.774. The van der Waals surface area contributed by atoms with Crippen molar-refractivity contribution in [1.82, 2.24) is 0 Å². The lowest BCUT2D eigenvalue weighted by Crippen LogP contribution is -2.14. The van der Waals surface area contributed by atoms with Crippen LogP contribution in [0, 0.1) is 5.92 Å². The number of methoxy groups -OCH3 is 2. The molecule has 1 atom stereocenters. The predicted octanol–water partition coefficient (Wildman–Crippen LogP) is 1.74. The average molecular weight is 225 g/mol. The third-order valence-corrected chi connectivity index (χ3v) is 2.36. The third kappa shape index (κ3) is 3.31. The van der Waals surface area contributed by atoms with E-state index in [1.807, 2.05) is 25.1 Å². The molecular weight excluding hydrogens is 206 g/mol. The van der Waals surface area contributed by atoms with Crippen molar-refractivity contribution in [1.29, 1.82) is 0 Å². The highest BCUT2D eigenvalue weighted by atomic mass is 16.5. The molecule has 1 unspecified atom stereocenters. The highest BCUT2D eigenvalue weighted by Gasteiger charge is 2.06. The topological polar surface area (TPSA) is 50.7 Å². The summed E-state index contributed by atoms with van der Waals surface area (Å²) in [5, 5.41) is 12.2. The lowest BCUT2D eigenvalue weighted by molar-refractivity contribution is 0.244. The molecule has 1 aromatic carbocycles. The molecule has 0 radical (unpaired) electrons. The van der Waals surface area contributed by atoms with Crippen LogP contribution in [0.25, 0.3) is 0 Å². The molecule has 4 nitrogen and oxygen atoms in total. The monoisotopic (exact) mass is 225 g/mol. The molecule has 0 aliphatic heterocycles. The molecule has 0 saturated carbocycles. The summed E-state index contributed by atoms with van der Waals surface area (Å²) in [4.78, 5) is 0. The van der Waals surface area contributed by atoms with E-state index in [0.29, 0.717) is 6.54 Å². The fraction of sp³-hybridized carbons (Fsp3) is 0.500. The van der Waals surface area contributed by atoms with E-state index in [4.69, 9.17) is 14.6 Å². The summed E-state index contributed by atoms with van der Waals surface area (Å²) in [6.45, 7) is 2.83. The predicted molar refractivity (Wildman–Crippen MR) is 64.3 cm³/mol. The fourth-order valence-electron chi connectivity index (χ4n) is 1.30. The zero-order chi connectivity index (χ0) is 12.0. The van der Waals surface area contributed by atoms with Crippen LogP contribution in [0.3, 0.4) is 0 Å². The van der Waals surface area contributed by atoms with Crippen LogP contribution in [0.4, 0.5) is 5.69 Å². The molecule has 4 heteroatoms. The molecular formula is C12H19NO3. The van der Waals surface area contributed by atoms with Crippen molar-refractivity contribution < 1.29 is 14.6 Å². The second-order valence-corrected chi connectivity index (χ2v) is 3.73. The molecule has 16 heavy (non-hydrogen) atoms. The first-order valence-corrected chi connectivity index (χ1v) is 5.28. The van der Waals surface area contributed by atoms with Crippen LogP contribution in [0.15, 0.2) is 18.2 Å². The third-order valence-electron chi connectivity index (χ3n) is 2.36. The Bertz CT molecular complexity index is 328. The number of hydrogen-bond donors (Lipinski definition) is 2. The van der Waals surface area contributed by atoms with Gasteiger partial charge in [0.15, 0.2) is 0 Å². The van der Waals surface area contributed by atoms with Gasteiger partial charge in [-0.3, -0.25) is 0 Å². The Morgan fingerprint density at radius 3 is 2.62 bits per heavy atom. The van der Waals surface area contributed by atoms with Gasteiger partial charge in [-0.25, -0.2) is 0 Å². The van der Waals surface area contributed by atoms with Crippen molar-refractivity contribution in [3.8, 4) is 11.5 Å². The van der Waals surface area contributed by atoms with Crippen LogP contribution >= 0.6 is 0 Å². The minimum absolute atomic E-state index is 0.166. The highest BCUT2D eigenvalue weighted by Crippen LogP contribution is 2.28. The van der Waals surface area contributed by atoms with Gasteiger partial charge < -0.3 is 19.9 Å². The van der Waals surface area contributed by atoms with E-state index in [0.717, 1.165) is 17.2 Å². The highest BCUT2D eigenvalue weighted by molar-refractivity contribution is 5.59. The molecule has 0 amide bonds. The molecule has 90 valence electrons. The van der Waals surface area contributed by atoms with Crippen molar-refractivity contribution in [2.45, 2.75) is 6.92 Å². The molecule has 0 bridgehead atoms. The number of nitrogens with one attached hydrogen (secondary N) is 1. The lowest BCUT2D eigenvalue weighted by Gasteiger charge is -2.14. The fourth-order valence-corrected chi connectivity index (χ4v) is 1.30. The molecule has 0 aromatic heterocycles. The molecule has 0 aliphatic carbocycles. The first-order chi connectivity index (χ1) is 7.71. The van der Waals surface area contributed by atoms with Crippen LogP contribution in [0.1, 0.15) is 6.92 Å². The number of aliphatic hydroxyl groups is 1. The van der Waals surface area contributed by atoms with E-state index in [-0.39, 0.29) is 12.5 Å². The van der Waals surface area contributed by atoms with Gasteiger partial charge in [-0.2, -0.15) is 0 Å². The van der Waals surface area contributed by atoms with Crippen LogP contribution in [0.5, 0.6) is 11.5 Å². The van der Waals surface area contributed by atoms with Gasteiger partial charge in [-0.1, -0.05) is 6.92 Å². The van der Waals surface area contributed by atoms with Gasteiger partial charge in [0.2, 0.25) is 0 Å². The molecule has 0 heterocycles. The summed E-state index contributed by atoms with van der Waals surface area (Å²) in [5.41, 5.74) is 0.877. The van der Waals surface area contributed by atoms with E-state index in [1.165, 1.54) is 0 Å². The van der Waals surface area contributed by atoms with Gasteiger partial charge in [0.1, 0.15) is 11.5 Å². The van der Waals surface area contributed by atoms with E-state index in [1.54, 1.807) is 14.2 Å². The average Bonchev–Trinajstić information content (AvgIpc) is 2.35. The van der Waals surface area contributed by atoms with Crippen molar-refractivity contribution in [3.63, 3.8) is 0 Å². The number of hydrogen-bond acceptors (Lipinski definition) is 4. The number of ether oxygens (including phenoxy) is 2. The number of anilines is 1. The Morgan fingerprint density at radius 1 is 1.31 bits per heavy atom. The molecule has 1 aromatic rings. The van der Waals surface area contributed by atoms with E-state index in [2.05, 4.69) is 5.32 Å². The van der Waals surface area contributed by atoms with Gasteiger partial charge >= 0.3 is 0 Å². The van der Waals surface area contributed by atoms with Gasteiger partial charge in [-0.15, -0.1) is 0 Å². The summed E-state index contributed by atoms with van der Waals surface area (Å²) < 4.78 is 10.4. The number of benzene rings is 1. The Labute approximate surface area is 96.2 Å². The molecule has 0 fully saturated rings. The maximum atomic E-state index is 8.94. The first-order valence-electron chi connectivity index (χ1n) is 5.28. The standard InChI is InChI=1S/C12H19NO3/c1-9(8-14)7-13-11-6-10(15-2)4-5-12(11)16-3/h4-6,9,13-14H,7-8H2,1-3H3. The summed E-state index contributed by atoms with van der Waals surface area (Å²) in [6.07, 6.45) is 0. The van der Waals surface area contributed by atoms with Crippen molar-refractivity contribution in [2.75, 3.05) is 32.7 Å². The Balaban J connectivity index is 2.75. The summed E-state index contributed by atoms with van der Waals surface area (Å²) in [5.74, 6) is 1.75. The summed E-state index contributed by atoms with van der Waals surface area (Å²) in [6, 6.07) is 5.58. The smallest absolute Gasteiger partial charge is 0.142 e. The van der Waals surface area contributed by atoms with E-state index in [9.17, 15) is 0 Å². The second-order valence-electron chi connectivity index (χ2n) is 3.73. The lowest BCUT2D eigenvalue weighted by atomic mass is 10.2. The molecule has 0 spiro atoms. The van der Waals surface area contributed by atoms with Crippen LogP contribution < -0.4 is 14.8 Å². The van der Waals surface area contributed by atoms with Crippen LogP contribution in [0.2, 0.25) is 0 Å². The molecule has 0 aliphatic rings. The van der Waals surface area contributed by atoms with Crippen LogP contribution in [-0.2, 0) is 0 Å². The number of rotatable bonds is 6. The minimum atomic E-state index is 0.166. The number of aliphatic hydroxyl groups excluding tert-OH is 1. The SMILES string of the molecule is COc1ccc(OC)c(NCC(C)CO)c1. The summed E-state index contributed by atoms with van der Waals surface area (Å²) in [7, 11) is 3.25. The minimum Gasteiger partial charge on any atom is -0.497 e. The van der Waals surface area contributed by atoms with Gasteiger partial charge in [-0.05, 0) is 18.1 Å². The largest absolute Gasteiger partial charge is 0.497 e. The van der Waals surface area contributed by atoms with Crippen molar-refractivity contribution >= 4 is 5.69 Å². The Kier molecular flexibility index (Phi) is 4.92. The maximum absolute atomic E-state index is 8.94. The molecule has 0 saturated heterocycles. The van der Waals surface area contributed by atoms with Gasteiger partial charge in [0.25, 0.3) is 0 Å². The summed E-state index contributed by atoms with van der Waals surface area (Å²) >= 11 is 0. The zero-order valence-electron chi connectivity index (χ0n) is 9.99. The normalized spacial score (nSPS) is 12.0. The maximum Gasteiger partial charge on any atom is 0.142 e. The second kappa shape index (κ2) is 6.23. The van der Waals surface area contributed by atoms with Crippen LogP contribution in [-0.4, -0.2) is 32.5 Å².